The Kier molecular flexibility index (Phi) is 4.85. The molecular formula is C21H14BrN3O4. The van der Waals surface area contributed by atoms with Crippen molar-refractivity contribution < 1.29 is 14.2 Å². The van der Waals surface area contributed by atoms with Crippen LogP contribution < -0.4 is 5.32 Å². The van der Waals surface area contributed by atoms with E-state index >= 15 is 0 Å². The maximum absolute atomic E-state index is 12.7. The standard InChI is InChI=1S/C21H14BrN3O4/c1-12-10-16(25(27)28)7-9-18(12)23-21(26)14-4-8-19-17(11-14)20(29-24-19)13-2-5-15(22)6-3-13/h2-11H,1H3,(H,23,26). The molecule has 1 aromatic heterocycles. The number of aromatic nitrogens is 1. The van der Waals surface area contributed by atoms with Gasteiger partial charge in [0.05, 0.1) is 10.3 Å². The minimum atomic E-state index is -0.470. The van der Waals surface area contributed by atoms with Crippen molar-refractivity contribution >= 4 is 44.1 Å². The number of hydrogen-bond donors (Lipinski definition) is 1. The molecule has 0 atom stereocenters. The van der Waals surface area contributed by atoms with Gasteiger partial charge in [-0.1, -0.05) is 21.1 Å². The van der Waals surface area contributed by atoms with E-state index < -0.39 is 4.92 Å². The number of amides is 1. The number of nitrogens with one attached hydrogen (secondary N) is 1. The van der Waals surface area contributed by atoms with Crippen molar-refractivity contribution in [1.82, 2.24) is 5.16 Å². The largest absolute Gasteiger partial charge is 0.355 e. The zero-order valence-corrected chi connectivity index (χ0v) is 16.8. The topological polar surface area (TPSA) is 98.3 Å². The summed E-state index contributed by atoms with van der Waals surface area (Å²) in [6.07, 6.45) is 0. The van der Waals surface area contributed by atoms with Crippen molar-refractivity contribution in [1.29, 1.82) is 0 Å². The molecule has 0 aliphatic carbocycles. The van der Waals surface area contributed by atoms with Crippen LogP contribution in [0.2, 0.25) is 0 Å². The lowest BCUT2D eigenvalue weighted by Crippen LogP contribution is -2.12. The third kappa shape index (κ3) is 3.74. The Morgan fingerprint density at radius 2 is 1.86 bits per heavy atom. The van der Waals surface area contributed by atoms with Gasteiger partial charge in [0, 0.05) is 33.4 Å². The first-order valence-corrected chi connectivity index (χ1v) is 9.43. The van der Waals surface area contributed by atoms with Crippen LogP contribution in [0.4, 0.5) is 11.4 Å². The second-order valence-electron chi connectivity index (χ2n) is 6.46. The quantitative estimate of drug-likeness (QED) is 0.315. The number of anilines is 1. The predicted octanol–water partition coefficient (Wildman–Crippen LogP) is 5.73. The third-order valence-corrected chi connectivity index (χ3v) is 5.04. The van der Waals surface area contributed by atoms with Gasteiger partial charge in [0.1, 0.15) is 5.52 Å². The van der Waals surface area contributed by atoms with E-state index in [9.17, 15) is 14.9 Å². The zero-order valence-electron chi connectivity index (χ0n) is 15.2. The van der Waals surface area contributed by atoms with Crippen LogP contribution in [0.3, 0.4) is 0 Å². The highest BCUT2D eigenvalue weighted by Gasteiger charge is 2.15. The van der Waals surface area contributed by atoms with Crippen molar-refractivity contribution in [2.75, 3.05) is 5.32 Å². The molecule has 4 aromatic rings. The number of carbonyl (C=O) groups is 1. The molecule has 8 heteroatoms. The van der Waals surface area contributed by atoms with Gasteiger partial charge in [-0.25, -0.2) is 0 Å². The summed E-state index contributed by atoms with van der Waals surface area (Å²) in [6, 6.07) is 17.0. The molecule has 1 heterocycles. The number of non-ortho nitro benzene ring substituents is 1. The molecular weight excluding hydrogens is 438 g/mol. The summed E-state index contributed by atoms with van der Waals surface area (Å²) in [4.78, 5) is 23.1. The number of nitrogens with zero attached hydrogens (tertiary/aromatic N) is 2. The molecule has 1 amide bonds. The number of nitro groups is 1. The van der Waals surface area contributed by atoms with Crippen LogP contribution in [0.25, 0.3) is 22.2 Å². The first-order chi connectivity index (χ1) is 13.9. The van der Waals surface area contributed by atoms with E-state index in [4.69, 9.17) is 4.52 Å². The predicted molar refractivity (Wildman–Crippen MR) is 113 cm³/mol. The Morgan fingerprint density at radius 3 is 2.55 bits per heavy atom. The van der Waals surface area contributed by atoms with E-state index in [0.29, 0.717) is 28.1 Å². The van der Waals surface area contributed by atoms with Crippen molar-refractivity contribution in [3.8, 4) is 11.3 Å². The van der Waals surface area contributed by atoms with Gasteiger partial charge in [-0.3, -0.25) is 14.9 Å². The number of halogens is 1. The van der Waals surface area contributed by atoms with Crippen molar-refractivity contribution in [2.45, 2.75) is 6.92 Å². The van der Waals surface area contributed by atoms with E-state index in [-0.39, 0.29) is 11.6 Å². The molecule has 4 rings (SSSR count). The highest BCUT2D eigenvalue weighted by Crippen LogP contribution is 2.30. The molecule has 0 saturated carbocycles. The summed E-state index contributed by atoms with van der Waals surface area (Å²) in [5.41, 5.74) is 3.01. The molecule has 0 aliphatic rings. The van der Waals surface area contributed by atoms with Crippen LogP contribution in [0.15, 0.2) is 69.7 Å². The van der Waals surface area contributed by atoms with Crippen LogP contribution in [-0.2, 0) is 0 Å². The second kappa shape index (κ2) is 7.48. The average Bonchev–Trinajstić information content (AvgIpc) is 3.13. The number of nitro benzene ring substituents is 1. The highest BCUT2D eigenvalue weighted by molar-refractivity contribution is 9.10. The lowest BCUT2D eigenvalue weighted by atomic mass is 10.1. The Morgan fingerprint density at radius 1 is 1.10 bits per heavy atom. The Hall–Kier alpha value is -3.52. The zero-order chi connectivity index (χ0) is 20.5. The van der Waals surface area contributed by atoms with E-state index in [2.05, 4.69) is 26.4 Å². The summed E-state index contributed by atoms with van der Waals surface area (Å²) in [5.74, 6) is 0.250. The molecule has 0 saturated heterocycles. The normalized spacial score (nSPS) is 10.8. The summed E-state index contributed by atoms with van der Waals surface area (Å²) in [5, 5.41) is 18.5. The van der Waals surface area contributed by atoms with Gasteiger partial charge in [-0.05, 0) is 61.0 Å². The SMILES string of the molecule is Cc1cc([N+](=O)[O-])ccc1NC(=O)c1ccc2noc(-c3ccc(Br)cc3)c2c1. The van der Waals surface area contributed by atoms with E-state index in [1.165, 1.54) is 18.2 Å². The van der Waals surface area contributed by atoms with Crippen LogP contribution in [-0.4, -0.2) is 16.0 Å². The number of fused-ring (bicyclic) bond motifs is 1. The Labute approximate surface area is 173 Å². The Bertz CT molecular complexity index is 1250. The third-order valence-electron chi connectivity index (χ3n) is 4.51. The summed E-state index contributed by atoms with van der Waals surface area (Å²) < 4.78 is 6.44. The molecule has 1 N–H and O–H groups in total. The van der Waals surface area contributed by atoms with Gasteiger partial charge in [0.2, 0.25) is 0 Å². The molecule has 3 aromatic carbocycles. The summed E-state index contributed by atoms with van der Waals surface area (Å²) >= 11 is 3.40. The second-order valence-corrected chi connectivity index (χ2v) is 7.38. The molecule has 0 fully saturated rings. The molecule has 29 heavy (non-hydrogen) atoms. The van der Waals surface area contributed by atoms with Gasteiger partial charge in [-0.15, -0.1) is 0 Å². The monoisotopic (exact) mass is 451 g/mol. The minimum absolute atomic E-state index is 0.0227. The van der Waals surface area contributed by atoms with Crippen LogP contribution >= 0.6 is 15.9 Å². The lowest BCUT2D eigenvalue weighted by Gasteiger charge is -2.08. The van der Waals surface area contributed by atoms with Gasteiger partial charge < -0.3 is 9.84 Å². The van der Waals surface area contributed by atoms with Crippen LogP contribution in [0, 0.1) is 17.0 Å². The average molecular weight is 452 g/mol. The maximum Gasteiger partial charge on any atom is 0.269 e. The fourth-order valence-corrected chi connectivity index (χ4v) is 3.25. The lowest BCUT2D eigenvalue weighted by molar-refractivity contribution is -0.384. The van der Waals surface area contributed by atoms with Crippen molar-refractivity contribution in [3.63, 3.8) is 0 Å². The molecule has 144 valence electrons. The van der Waals surface area contributed by atoms with Crippen LogP contribution in [0.5, 0.6) is 0 Å². The number of benzene rings is 3. The Balaban J connectivity index is 1.65. The number of hydrogen-bond acceptors (Lipinski definition) is 5. The van der Waals surface area contributed by atoms with Crippen molar-refractivity contribution in [3.05, 3.63) is 86.4 Å². The molecule has 0 bridgehead atoms. The van der Waals surface area contributed by atoms with Gasteiger partial charge in [0.15, 0.2) is 5.76 Å². The van der Waals surface area contributed by atoms with Crippen LogP contribution in [0.1, 0.15) is 15.9 Å². The molecule has 0 unspecified atom stereocenters. The summed E-state index contributed by atoms with van der Waals surface area (Å²) in [7, 11) is 0. The minimum Gasteiger partial charge on any atom is -0.355 e. The van der Waals surface area contributed by atoms with Gasteiger partial charge >= 0.3 is 0 Å². The first kappa shape index (κ1) is 18.8. The van der Waals surface area contributed by atoms with E-state index in [1.807, 2.05) is 24.3 Å². The maximum atomic E-state index is 12.7. The molecule has 0 aliphatic heterocycles. The number of aryl methyl sites for hydroxylation is 1. The smallest absolute Gasteiger partial charge is 0.269 e. The van der Waals surface area contributed by atoms with Gasteiger partial charge in [-0.2, -0.15) is 0 Å². The van der Waals surface area contributed by atoms with Crippen molar-refractivity contribution in [2.24, 2.45) is 0 Å². The highest BCUT2D eigenvalue weighted by atomic mass is 79.9. The number of carbonyl (C=O) groups excluding carboxylic acids is 1. The molecule has 7 nitrogen and oxygen atoms in total. The van der Waals surface area contributed by atoms with Gasteiger partial charge in [0.25, 0.3) is 11.6 Å². The van der Waals surface area contributed by atoms with E-state index in [0.717, 1.165) is 15.4 Å². The fourth-order valence-electron chi connectivity index (χ4n) is 2.99. The van der Waals surface area contributed by atoms with E-state index in [1.54, 1.807) is 25.1 Å². The molecule has 0 radical (unpaired) electrons. The summed E-state index contributed by atoms with van der Waals surface area (Å²) in [6.45, 7) is 1.71. The molecule has 0 spiro atoms. The number of rotatable bonds is 4. The fraction of sp³-hybridized carbons (Fsp3) is 0.0476. The first-order valence-electron chi connectivity index (χ1n) is 8.64.